The Morgan fingerprint density at radius 2 is 1.82 bits per heavy atom. The Hall–Kier alpha value is -1.87. The van der Waals surface area contributed by atoms with Gasteiger partial charge in [0.25, 0.3) is 0 Å². The van der Waals surface area contributed by atoms with E-state index in [0.29, 0.717) is 5.02 Å². The fraction of sp³-hybridized carbons (Fsp3) is 0. The average Bonchev–Trinajstić information content (AvgIpc) is 2.34. The van der Waals surface area contributed by atoms with Crippen LogP contribution in [-0.2, 0) is 0 Å². The minimum absolute atomic E-state index is 0.276. The molecule has 0 aliphatic heterocycles. The van der Waals surface area contributed by atoms with E-state index in [9.17, 15) is 4.39 Å². The number of benzene rings is 2. The molecule has 2 rings (SSSR count). The number of nitrogens with zero attached hydrogens (tertiary/aromatic N) is 1. The summed E-state index contributed by atoms with van der Waals surface area (Å²) in [4.78, 5) is 0. The Bertz CT molecular complexity index is 506. The molecule has 2 nitrogen and oxygen atoms in total. The Kier molecular flexibility index (Phi) is 3.73. The topological polar surface area (TPSA) is 24.4 Å². The van der Waals surface area contributed by atoms with Crippen molar-refractivity contribution in [3.63, 3.8) is 0 Å². The molecule has 0 unspecified atom stereocenters. The molecule has 0 bridgehead atoms. The normalized spacial score (nSPS) is 10.7. The van der Waals surface area contributed by atoms with Crippen LogP contribution in [0.1, 0.15) is 5.56 Å². The molecule has 0 aromatic heterocycles. The van der Waals surface area contributed by atoms with Gasteiger partial charge in [-0.15, -0.1) is 0 Å². The SMILES string of the molecule is Fc1cccc(Cl)c1/C=N/Nc1ccccc1. The second kappa shape index (κ2) is 5.46. The predicted molar refractivity (Wildman–Crippen MR) is 69.1 cm³/mol. The van der Waals surface area contributed by atoms with E-state index in [1.807, 2.05) is 30.3 Å². The summed E-state index contributed by atoms with van der Waals surface area (Å²) >= 11 is 5.85. The molecule has 1 N–H and O–H groups in total. The van der Waals surface area contributed by atoms with Crippen LogP contribution in [-0.4, -0.2) is 6.21 Å². The van der Waals surface area contributed by atoms with Crippen molar-refractivity contribution in [3.8, 4) is 0 Å². The smallest absolute Gasteiger partial charge is 0.133 e. The highest BCUT2D eigenvalue weighted by Crippen LogP contribution is 2.16. The second-order valence-corrected chi connectivity index (χ2v) is 3.78. The molecular formula is C13H10ClFN2. The molecule has 0 spiro atoms. The number of hydrogen-bond donors (Lipinski definition) is 1. The van der Waals surface area contributed by atoms with Gasteiger partial charge in [-0.1, -0.05) is 35.9 Å². The molecule has 0 saturated heterocycles. The number of anilines is 1. The summed E-state index contributed by atoms with van der Waals surface area (Å²) in [5.41, 5.74) is 3.90. The van der Waals surface area contributed by atoms with E-state index < -0.39 is 5.82 Å². The number of para-hydroxylation sites is 1. The number of rotatable bonds is 3. The monoisotopic (exact) mass is 248 g/mol. The predicted octanol–water partition coefficient (Wildman–Crippen LogP) is 3.93. The Morgan fingerprint density at radius 3 is 2.53 bits per heavy atom. The lowest BCUT2D eigenvalue weighted by Gasteiger charge is -2.00. The van der Waals surface area contributed by atoms with E-state index in [1.165, 1.54) is 12.3 Å². The molecule has 0 atom stereocenters. The summed E-state index contributed by atoms with van der Waals surface area (Å²) in [6.07, 6.45) is 1.37. The van der Waals surface area contributed by atoms with Crippen LogP contribution in [0, 0.1) is 5.82 Å². The molecule has 2 aromatic carbocycles. The van der Waals surface area contributed by atoms with Crippen molar-refractivity contribution in [3.05, 3.63) is 64.9 Å². The highest BCUT2D eigenvalue weighted by molar-refractivity contribution is 6.33. The maximum atomic E-state index is 13.4. The van der Waals surface area contributed by atoms with Crippen molar-refractivity contribution < 1.29 is 4.39 Å². The molecule has 86 valence electrons. The molecule has 0 aliphatic carbocycles. The van der Waals surface area contributed by atoms with Crippen LogP contribution in [0.3, 0.4) is 0 Å². The summed E-state index contributed by atoms with van der Waals surface area (Å²) in [7, 11) is 0. The lowest BCUT2D eigenvalue weighted by Crippen LogP contribution is -1.93. The zero-order valence-corrected chi connectivity index (χ0v) is 9.66. The summed E-state index contributed by atoms with van der Waals surface area (Å²) in [5, 5.41) is 4.27. The van der Waals surface area contributed by atoms with Crippen LogP contribution in [0.5, 0.6) is 0 Å². The van der Waals surface area contributed by atoms with Crippen molar-refractivity contribution in [2.24, 2.45) is 5.10 Å². The molecular weight excluding hydrogens is 239 g/mol. The summed E-state index contributed by atoms with van der Waals surface area (Å²) in [5.74, 6) is -0.392. The first kappa shape index (κ1) is 11.6. The highest BCUT2D eigenvalue weighted by Gasteiger charge is 2.02. The van der Waals surface area contributed by atoms with Gasteiger partial charge in [-0.2, -0.15) is 5.10 Å². The minimum atomic E-state index is -0.392. The minimum Gasteiger partial charge on any atom is -0.279 e. The number of halogens is 2. The van der Waals surface area contributed by atoms with Crippen molar-refractivity contribution >= 4 is 23.5 Å². The van der Waals surface area contributed by atoms with Gasteiger partial charge in [-0.3, -0.25) is 5.43 Å². The lowest BCUT2D eigenvalue weighted by atomic mass is 10.2. The lowest BCUT2D eigenvalue weighted by molar-refractivity contribution is 0.626. The van der Waals surface area contributed by atoms with E-state index in [1.54, 1.807) is 12.1 Å². The molecule has 2 aromatic rings. The first-order valence-corrected chi connectivity index (χ1v) is 5.43. The molecule has 0 radical (unpaired) electrons. The fourth-order valence-corrected chi connectivity index (χ4v) is 1.53. The van der Waals surface area contributed by atoms with Crippen molar-refractivity contribution in [2.75, 3.05) is 5.43 Å². The van der Waals surface area contributed by atoms with E-state index in [4.69, 9.17) is 11.6 Å². The van der Waals surface area contributed by atoms with Crippen LogP contribution < -0.4 is 5.43 Å². The highest BCUT2D eigenvalue weighted by atomic mass is 35.5. The van der Waals surface area contributed by atoms with Gasteiger partial charge in [0.05, 0.1) is 16.9 Å². The van der Waals surface area contributed by atoms with Crippen LogP contribution in [0.25, 0.3) is 0 Å². The van der Waals surface area contributed by atoms with E-state index in [2.05, 4.69) is 10.5 Å². The molecule has 0 amide bonds. The molecule has 4 heteroatoms. The van der Waals surface area contributed by atoms with Crippen LogP contribution >= 0.6 is 11.6 Å². The molecule has 0 heterocycles. The third-order valence-electron chi connectivity index (χ3n) is 2.16. The number of hydrazone groups is 1. The number of hydrogen-bond acceptors (Lipinski definition) is 2. The van der Waals surface area contributed by atoms with Crippen molar-refractivity contribution in [1.29, 1.82) is 0 Å². The largest absolute Gasteiger partial charge is 0.279 e. The standard InChI is InChI=1S/C13H10ClFN2/c14-12-7-4-8-13(15)11(12)9-16-17-10-5-2-1-3-6-10/h1-9,17H/b16-9+. The van der Waals surface area contributed by atoms with Gasteiger partial charge in [-0.25, -0.2) is 4.39 Å². The molecule has 17 heavy (non-hydrogen) atoms. The molecule has 0 saturated carbocycles. The van der Waals surface area contributed by atoms with Gasteiger partial charge >= 0.3 is 0 Å². The third-order valence-corrected chi connectivity index (χ3v) is 2.49. The zero-order valence-electron chi connectivity index (χ0n) is 8.90. The van der Waals surface area contributed by atoms with Crippen molar-refractivity contribution in [1.82, 2.24) is 0 Å². The molecule has 0 fully saturated rings. The average molecular weight is 249 g/mol. The van der Waals surface area contributed by atoms with Crippen LogP contribution in [0.4, 0.5) is 10.1 Å². The second-order valence-electron chi connectivity index (χ2n) is 3.37. The summed E-state index contributed by atoms with van der Waals surface area (Å²) in [6, 6.07) is 13.9. The first-order chi connectivity index (χ1) is 8.27. The van der Waals surface area contributed by atoms with Crippen LogP contribution in [0.2, 0.25) is 5.02 Å². The Balaban J connectivity index is 2.11. The van der Waals surface area contributed by atoms with E-state index in [0.717, 1.165) is 5.69 Å². The van der Waals surface area contributed by atoms with Gasteiger partial charge in [0, 0.05) is 5.56 Å². The molecule has 0 aliphatic rings. The maximum absolute atomic E-state index is 13.4. The summed E-state index contributed by atoms with van der Waals surface area (Å²) in [6.45, 7) is 0. The van der Waals surface area contributed by atoms with Gasteiger partial charge in [0.1, 0.15) is 5.82 Å². The fourth-order valence-electron chi connectivity index (χ4n) is 1.32. The summed E-state index contributed by atoms with van der Waals surface area (Å²) < 4.78 is 13.4. The Labute approximate surface area is 104 Å². The van der Waals surface area contributed by atoms with Crippen molar-refractivity contribution in [2.45, 2.75) is 0 Å². The zero-order chi connectivity index (χ0) is 12.1. The van der Waals surface area contributed by atoms with E-state index >= 15 is 0 Å². The van der Waals surface area contributed by atoms with Gasteiger partial charge < -0.3 is 0 Å². The first-order valence-electron chi connectivity index (χ1n) is 5.05. The van der Waals surface area contributed by atoms with E-state index in [-0.39, 0.29) is 5.56 Å². The number of nitrogens with one attached hydrogen (secondary N) is 1. The quantitative estimate of drug-likeness (QED) is 0.646. The van der Waals surface area contributed by atoms with Crippen LogP contribution in [0.15, 0.2) is 53.6 Å². The third kappa shape index (κ3) is 3.04. The van der Waals surface area contributed by atoms with Gasteiger partial charge in [0.15, 0.2) is 0 Å². The maximum Gasteiger partial charge on any atom is 0.133 e. The van der Waals surface area contributed by atoms with Gasteiger partial charge in [-0.05, 0) is 24.3 Å². The Morgan fingerprint density at radius 1 is 1.06 bits per heavy atom. The van der Waals surface area contributed by atoms with Gasteiger partial charge in [0.2, 0.25) is 0 Å².